The number of hydrogen-bond acceptors (Lipinski definition) is 4. The van der Waals surface area contributed by atoms with Crippen LogP contribution >= 0.6 is 11.3 Å². The van der Waals surface area contributed by atoms with Crippen LogP contribution in [0.1, 0.15) is 15.3 Å². The Morgan fingerprint density at radius 1 is 1.47 bits per heavy atom. The number of nitrogens with one attached hydrogen (secondary N) is 1. The van der Waals surface area contributed by atoms with Gasteiger partial charge >= 0.3 is 0 Å². The van der Waals surface area contributed by atoms with Gasteiger partial charge in [-0.15, -0.1) is 11.3 Å². The largest absolute Gasteiger partial charge is 0.315 e. The van der Waals surface area contributed by atoms with Crippen LogP contribution in [0.4, 0.5) is 0 Å². The first-order valence-electron chi connectivity index (χ1n) is 5.99. The lowest BCUT2D eigenvalue weighted by Crippen LogP contribution is -2.37. The Bertz CT molecular complexity index is 393. The zero-order chi connectivity index (χ0) is 12.3. The second-order valence-electron chi connectivity index (χ2n) is 4.45. The molecule has 0 aliphatic carbocycles. The van der Waals surface area contributed by atoms with E-state index in [4.69, 9.17) is 0 Å². The van der Waals surface area contributed by atoms with Gasteiger partial charge in [-0.3, -0.25) is 9.11 Å². The molecule has 0 aromatic carbocycles. The summed E-state index contributed by atoms with van der Waals surface area (Å²) in [6, 6.07) is 2.31. The van der Waals surface area contributed by atoms with Crippen LogP contribution < -0.4 is 5.32 Å². The maximum Gasteiger partial charge on any atom is 0.0363 e. The highest BCUT2D eigenvalue weighted by Crippen LogP contribution is 2.23. The lowest BCUT2D eigenvalue weighted by atomic mass is 10.2. The van der Waals surface area contributed by atoms with Gasteiger partial charge in [0.05, 0.1) is 0 Å². The van der Waals surface area contributed by atoms with Crippen molar-refractivity contribution < 1.29 is 4.21 Å². The van der Waals surface area contributed by atoms with E-state index in [9.17, 15) is 4.21 Å². The van der Waals surface area contributed by atoms with Crippen LogP contribution in [0.2, 0.25) is 0 Å². The smallest absolute Gasteiger partial charge is 0.0363 e. The number of aryl methyl sites for hydroxylation is 1. The van der Waals surface area contributed by atoms with E-state index in [0.29, 0.717) is 0 Å². The van der Waals surface area contributed by atoms with E-state index in [1.807, 2.05) is 18.4 Å². The monoisotopic (exact) mass is 272 g/mol. The van der Waals surface area contributed by atoms with Crippen molar-refractivity contribution >= 4 is 22.1 Å². The third kappa shape index (κ3) is 3.61. The highest BCUT2D eigenvalue weighted by molar-refractivity contribution is 7.85. The van der Waals surface area contributed by atoms with Crippen molar-refractivity contribution in [1.29, 1.82) is 0 Å². The maximum absolute atomic E-state index is 11.3. The molecule has 1 aliphatic rings. The van der Waals surface area contributed by atoms with Gasteiger partial charge in [0, 0.05) is 58.2 Å². The third-order valence-corrected chi connectivity index (χ3v) is 5.46. The van der Waals surface area contributed by atoms with Crippen LogP contribution in [0.5, 0.6) is 0 Å². The van der Waals surface area contributed by atoms with Gasteiger partial charge in [0.1, 0.15) is 0 Å². The van der Waals surface area contributed by atoms with Gasteiger partial charge in [-0.05, 0) is 25.6 Å². The molecule has 0 unspecified atom stereocenters. The molecule has 1 saturated heterocycles. The van der Waals surface area contributed by atoms with Crippen LogP contribution in [-0.2, 0) is 23.9 Å². The van der Waals surface area contributed by atoms with Crippen molar-refractivity contribution in [2.75, 3.05) is 31.6 Å². The Kier molecular flexibility index (Phi) is 4.73. The number of nitrogens with zero attached hydrogens (tertiary/aromatic N) is 1. The molecule has 0 atom stereocenters. The minimum Gasteiger partial charge on any atom is -0.315 e. The topological polar surface area (TPSA) is 32.3 Å². The zero-order valence-electron chi connectivity index (χ0n) is 10.5. The summed E-state index contributed by atoms with van der Waals surface area (Å²) in [5.74, 6) is 1.68. The van der Waals surface area contributed by atoms with Crippen LogP contribution in [0.25, 0.3) is 0 Å². The summed E-state index contributed by atoms with van der Waals surface area (Å²) >= 11 is 1.88. The van der Waals surface area contributed by atoms with Crippen molar-refractivity contribution in [3.8, 4) is 0 Å². The molecule has 0 saturated carbocycles. The number of hydrogen-bond donors (Lipinski definition) is 1. The van der Waals surface area contributed by atoms with E-state index in [0.717, 1.165) is 37.7 Å². The molecule has 17 heavy (non-hydrogen) atoms. The predicted octanol–water partition coefficient (Wildman–Crippen LogP) is 1.34. The normalized spacial score (nSPS) is 18.7. The Labute approximate surface area is 110 Å². The standard InChI is InChI=1S/C12H20N2OS2/c1-10-11(7-12(16-10)8-13-2)9-14-3-5-17(15)6-4-14/h7,13H,3-6,8-9H2,1-2H3. The summed E-state index contributed by atoms with van der Waals surface area (Å²) in [6.45, 7) is 6.12. The molecule has 2 rings (SSSR count). The first kappa shape index (κ1) is 13.2. The van der Waals surface area contributed by atoms with Gasteiger partial charge < -0.3 is 5.32 Å². The average molecular weight is 272 g/mol. The fraction of sp³-hybridized carbons (Fsp3) is 0.667. The predicted molar refractivity (Wildman–Crippen MR) is 75.0 cm³/mol. The molecular formula is C12H20N2OS2. The van der Waals surface area contributed by atoms with Crippen molar-refractivity contribution in [3.05, 3.63) is 21.4 Å². The SMILES string of the molecule is CNCc1cc(CN2CCS(=O)CC2)c(C)s1. The van der Waals surface area contributed by atoms with Crippen LogP contribution in [0.3, 0.4) is 0 Å². The Morgan fingerprint density at radius 2 is 2.18 bits per heavy atom. The molecule has 0 amide bonds. The summed E-state index contributed by atoms with van der Waals surface area (Å²) in [5.41, 5.74) is 1.44. The first-order valence-corrected chi connectivity index (χ1v) is 8.29. The molecule has 96 valence electrons. The van der Waals surface area contributed by atoms with E-state index in [1.165, 1.54) is 15.3 Å². The fourth-order valence-electron chi connectivity index (χ4n) is 2.08. The Balaban J connectivity index is 1.96. The van der Waals surface area contributed by atoms with Gasteiger partial charge in [0.2, 0.25) is 0 Å². The van der Waals surface area contributed by atoms with E-state index >= 15 is 0 Å². The van der Waals surface area contributed by atoms with E-state index in [2.05, 4.69) is 23.2 Å². The van der Waals surface area contributed by atoms with Crippen molar-refractivity contribution in [2.45, 2.75) is 20.0 Å². The van der Waals surface area contributed by atoms with Gasteiger partial charge in [0.25, 0.3) is 0 Å². The molecule has 1 aromatic rings. The minimum atomic E-state index is -0.571. The third-order valence-electron chi connectivity index (χ3n) is 3.09. The van der Waals surface area contributed by atoms with Crippen molar-refractivity contribution in [1.82, 2.24) is 10.2 Å². The Morgan fingerprint density at radius 3 is 2.82 bits per heavy atom. The maximum atomic E-state index is 11.3. The summed E-state index contributed by atoms with van der Waals surface area (Å²) in [6.07, 6.45) is 0. The van der Waals surface area contributed by atoms with Crippen molar-refractivity contribution in [2.24, 2.45) is 0 Å². The highest BCUT2D eigenvalue weighted by atomic mass is 32.2. The van der Waals surface area contributed by atoms with Crippen LogP contribution in [0.15, 0.2) is 6.07 Å². The fourth-order valence-corrected chi connectivity index (χ4v) is 4.27. The second-order valence-corrected chi connectivity index (χ2v) is 7.49. The molecule has 1 N–H and O–H groups in total. The summed E-state index contributed by atoms with van der Waals surface area (Å²) in [4.78, 5) is 5.24. The molecule has 2 heterocycles. The highest BCUT2D eigenvalue weighted by Gasteiger charge is 2.16. The zero-order valence-corrected chi connectivity index (χ0v) is 12.1. The molecule has 1 aliphatic heterocycles. The van der Waals surface area contributed by atoms with E-state index < -0.39 is 10.8 Å². The molecule has 0 spiro atoms. The minimum absolute atomic E-state index is 0.571. The lowest BCUT2D eigenvalue weighted by Gasteiger charge is -2.25. The Hall–Kier alpha value is -0.230. The van der Waals surface area contributed by atoms with E-state index in [-0.39, 0.29) is 0 Å². The molecular weight excluding hydrogens is 252 g/mol. The van der Waals surface area contributed by atoms with Crippen molar-refractivity contribution in [3.63, 3.8) is 0 Å². The second kappa shape index (κ2) is 6.09. The summed E-state index contributed by atoms with van der Waals surface area (Å²) < 4.78 is 11.3. The van der Waals surface area contributed by atoms with Gasteiger partial charge in [0.15, 0.2) is 0 Å². The average Bonchev–Trinajstić information content (AvgIpc) is 2.63. The number of rotatable bonds is 4. The van der Waals surface area contributed by atoms with Gasteiger partial charge in [-0.1, -0.05) is 0 Å². The summed E-state index contributed by atoms with van der Waals surface area (Å²) in [7, 11) is 1.41. The summed E-state index contributed by atoms with van der Waals surface area (Å²) in [5, 5.41) is 3.19. The molecule has 3 nitrogen and oxygen atoms in total. The quantitative estimate of drug-likeness (QED) is 0.898. The van der Waals surface area contributed by atoms with Crippen LogP contribution in [-0.4, -0.2) is 40.8 Å². The molecule has 0 radical (unpaired) electrons. The van der Waals surface area contributed by atoms with Gasteiger partial charge in [-0.25, -0.2) is 0 Å². The van der Waals surface area contributed by atoms with Crippen LogP contribution in [0, 0.1) is 6.92 Å². The number of thiophene rings is 1. The molecule has 5 heteroatoms. The lowest BCUT2D eigenvalue weighted by molar-refractivity contribution is 0.291. The van der Waals surface area contributed by atoms with Gasteiger partial charge in [-0.2, -0.15) is 0 Å². The molecule has 1 fully saturated rings. The molecule has 0 bridgehead atoms. The van der Waals surface area contributed by atoms with E-state index in [1.54, 1.807) is 0 Å². The first-order chi connectivity index (χ1) is 8.19. The molecule has 1 aromatic heterocycles.